The molecule has 24 heavy (non-hydrogen) atoms. The summed E-state index contributed by atoms with van der Waals surface area (Å²) >= 11 is 0. The van der Waals surface area contributed by atoms with Crippen molar-refractivity contribution in [3.63, 3.8) is 0 Å². The van der Waals surface area contributed by atoms with Crippen LogP contribution >= 0.6 is 0 Å². The number of hydrogen-bond acceptors (Lipinski definition) is 5. The first-order valence-electron chi connectivity index (χ1n) is 8.89. The second-order valence-corrected chi connectivity index (χ2v) is 6.28. The van der Waals surface area contributed by atoms with Crippen LogP contribution in [0.2, 0.25) is 0 Å². The molecule has 3 rings (SSSR count). The largest absolute Gasteiger partial charge is 0.393 e. The van der Waals surface area contributed by atoms with Gasteiger partial charge in [-0.05, 0) is 38.2 Å². The van der Waals surface area contributed by atoms with Gasteiger partial charge in [0.05, 0.1) is 0 Å². The van der Waals surface area contributed by atoms with E-state index in [1.165, 1.54) is 5.56 Å². The van der Waals surface area contributed by atoms with Crippen LogP contribution in [0.15, 0.2) is 36.7 Å². The molecule has 1 aliphatic rings. The summed E-state index contributed by atoms with van der Waals surface area (Å²) in [5.74, 6) is 2.38. The van der Waals surface area contributed by atoms with Crippen LogP contribution in [0.4, 0.5) is 17.3 Å². The maximum atomic E-state index is 6.40. The van der Waals surface area contributed by atoms with Crippen LogP contribution in [0.1, 0.15) is 38.2 Å². The molecule has 0 atom stereocenters. The molecular weight excluding hydrogens is 298 g/mol. The van der Waals surface area contributed by atoms with Crippen LogP contribution < -0.4 is 15.5 Å². The normalized spacial score (nSPS) is 15.5. The molecule has 1 aliphatic heterocycles. The Morgan fingerprint density at radius 2 is 1.75 bits per heavy atom. The summed E-state index contributed by atoms with van der Waals surface area (Å²) in [6, 6.07) is 10.8. The third-order valence-electron chi connectivity index (χ3n) is 4.97. The van der Waals surface area contributed by atoms with E-state index in [-0.39, 0.29) is 0 Å². The highest BCUT2D eigenvalue weighted by Gasteiger charge is 2.24. The molecule has 0 amide bonds. The number of hydrogen-bond donors (Lipinski definition) is 1. The molecule has 1 aromatic carbocycles. The first-order valence-corrected chi connectivity index (χ1v) is 8.89. The minimum atomic E-state index is 0.632. The van der Waals surface area contributed by atoms with Crippen LogP contribution in [0.25, 0.3) is 0 Å². The summed E-state index contributed by atoms with van der Waals surface area (Å²) in [6.45, 7) is 8.00. The van der Waals surface area contributed by atoms with Gasteiger partial charge in [0, 0.05) is 26.2 Å². The maximum Gasteiger partial charge on any atom is 0.157 e. The molecule has 2 aromatic rings. The number of nitrogen functional groups attached to an aromatic ring is 1. The Morgan fingerprint density at radius 1 is 1.08 bits per heavy atom. The summed E-state index contributed by atoms with van der Waals surface area (Å²) in [5.41, 5.74) is 8.55. The van der Waals surface area contributed by atoms with E-state index in [0.717, 1.165) is 50.7 Å². The van der Waals surface area contributed by atoms with Gasteiger partial charge in [-0.15, -0.1) is 0 Å². The van der Waals surface area contributed by atoms with Crippen molar-refractivity contribution in [1.82, 2.24) is 9.97 Å². The van der Waals surface area contributed by atoms with Gasteiger partial charge in [0.15, 0.2) is 11.6 Å². The summed E-state index contributed by atoms with van der Waals surface area (Å²) in [7, 11) is 0. The van der Waals surface area contributed by atoms with Crippen molar-refractivity contribution in [2.24, 2.45) is 0 Å². The lowest BCUT2D eigenvalue weighted by molar-refractivity contribution is 0.503. The molecule has 128 valence electrons. The van der Waals surface area contributed by atoms with E-state index >= 15 is 0 Å². The zero-order valence-corrected chi connectivity index (χ0v) is 14.7. The van der Waals surface area contributed by atoms with Crippen LogP contribution in [0.5, 0.6) is 0 Å². The van der Waals surface area contributed by atoms with E-state index in [2.05, 4.69) is 63.9 Å². The van der Waals surface area contributed by atoms with Crippen molar-refractivity contribution in [2.45, 2.75) is 32.6 Å². The van der Waals surface area contributed by atoms with E-state index < -0.39 is 0 Å². The number of aromatic nitrogens is 2. The van der Waals surface area contributed by atoms with Crippen molar-refractivity contribution in [2.75, 3.05) is 41.7 Å². The predicted molar refractivity (Wildman–Crippen MR) is 101 cm³/mol. The third-order valence-corrected chi connectivity index (χ3v) is 4.97. The van der Waals surface area contributed by atoms with Gasteiger partial charge in [0.2, 0.25) is 0 Å². The number of rotatable bonds is 5. The van der Waals surface area contributed by atoms with Crippen molar-refractivity contribution in [3.8, 4) is 0 Å². The Morgan fingerprint density at radius 3 is 2.38 bits per heavy atom. The topological polar surface area (TPSA) is 58.3 Å². The molecule has 0 unspecified atom stereocenters. The van der Waals surface area contributed by atoms with Gasteiger partial charge >= 0.3 is 0 Å². The molecule has 1 saturated heterocycles. The highest BCUT2D eigenvalue weighted by Crippen LogP contribution is 2.34. The molecule has 0 aliphatic carbocycles. The van der Waals surface area contributed by atoms with Gasteiger partial charge in [-0.2, -0.15) is 0 Å². The Hall–Kier alpha value is -2.30. The van der Waals surface area contributed by atoms with Crippen LogP contribution in [0, 0.1) is 0 Å². The fraction of sp³-hybridized carbons (Fsp3) is 0.474. The minimum absolute atomic E-state index is 0.632. The molecule has 2 heterocycles. The summed E-state index contributed by atoms with van der Waals surface area (Å²) in [5, 5.41) is 0. The van der Waals surface area contributed by atoms with E-state index in [1.54, 1.807) is 6.33 Å². The first-order chi connectivity index (χ1) is 11.7. The number of nitrogens with two attached hydrogens (primary N) is 1. The van der Waals surface area contributed by atoms with Crippen molar-refractivity contribution in [3.05, 3.63) is 42.2 Å². The molecule has 5 heteroatoms. The standard InChI is InChI=1S/C19H27N5/c1-3-23(4-2)18-17(20)19(22-14-21-18)24-12-10-16(11-13-24)15-8-6-5-7-9-15/h5-9,14,16H,3-4,10-13,20H2,1-2H3. The second-order valence-electron chi connectivity index (χ2n) is 6.28. The van der Waals surface area contributed by atoms with Crippen molar-refractivity contribution >= 4 is 17.3 Å². The smallest absolute Gasteiger partial charge is 0.157 e. The summed E-state index contributed by atoms with van der Waals surface area (Å²) in [6.07, 6.45) is 3.91. The predicted octanol–water partition coefficient (Wildman–Crippen LogP) is 3.29. The lowest BCUT2D eigenvalue weighted by Gasteiger charge is -2.34. The average molecular weight is 325 g/mol. The molecule has 5 nitrogen and oxygen atoms in total. The van der Waals surface area contributed by atoms with Gasteiger partial charge in [0.1, 0.15) is 12.0 Å². The summed E-state index contributed by atoms with van der Waals surface area (Å²) in [4.78, 5) is 13.4. The molecular formula is C19H27N5. The Kier molecular flexibility index (Phi) is 5.18. The van der Waals surface area contributed by atoms with Crippen LogP contribution in [0.3, 0.4) is 0 Å². The highest BCUT2D eigenvalue weighted by atomic mass is 15.2. The van der Waals surface area contributed by atoms with Crippen LogP contribution in [-0.2, 0) is 0 Å². The first kappa shape index (κ1) is 16.6. The lowest BCUT2D eigenvalue weighted by Crippen LogP contribution is -2.34. The zero-order chi connectivity index (χ0) is 16.9. The highest BCUT2D eigenvalue weighted by molar-refractivity contribution is 5.75. The third kappa shape index (κ3) is 3.30. The molecule has 0 bridgehead atoms. The van der Waals surface area contributed by atoms with E-state index in [9.17, 15) is 0 Å². The summed E-state index contributed by atoms with van der Waals surface area (Å²) < 4.78 is 0. The van der Waals surface area contributed by atoms with E-state index in [1.807, 2.05) is 0 Å². The van der Waals surface area contributed by atoms with Crippen LogP contribution in [-0.4, -0.2) is 36.1 Å². The van der Waals surface area contributed by atoms with E-state index in [0.29, 0.717) is 11.6 Å². The van der Waals surface area contributed by atoms with Gasteiger partial charge in [-0.25, -0.2) is 9.97 Å². The molecule has 0 spiro atoms. The Balaban J connectivity index is 1.74. The average Bonchev–Trinajstić information content (AvgIpc) is 2.65. The Labute approximate surface area is 144 Å². The fourth-order valence-corrected chi connectivity index (χ4v) is 3.55. The van der Waals surface area contributed by atoms with Gasteiger partial charge < -0.3 is 15.5 Å². The monoisotopic (exact) mass is 325 g/mol. The number of benzene rings is 1. The van der Waals surface area contributed by atoms with Crippen molar-refractivity contribution < 1.29 is 0 Å². The molecule has 1 fully saturated rings. The zero-order valence-electron chi connectivity index (χ0n) is 14.7. The number of anilines is 3. The molecule has 2 N–H and O–H groups in total. The quantitative estimate of drug-likeness (QED) is 0.914. The SMILES string of the molecule is CCN(CC)c1ncnc(N2CCC(c3ccccc3)CC2)c1N. The maximum absolute atomic E-state index is 6.40. The number of nitrogens with zero attached hydrogens (tertiary/aromatic N) is 4. The number of piperidine rings is 1. The van der Waals surface area contributed by atoms with Gasteiger partial charge in [0.25, 0.3) is 0 Å². The molecule has 1 aromatic heterocycles. The lowest BCUT2D eigenvalue weighted by atomic mass is 9.89. The molecule has 0 radical (unpaired) electrons. The molecule has 0 saturated carbocycles. The fourth-order valence-electron chi connectivity index (χ4n) is 3.55. The van der Waals surface area contributed by atoms with E-state index in [4.69, 9.17) is 5.73 Å². The Bertz CT molecular complexity index is 646. The van der Waals surface area contributed by atoms with Gasteiger partial charge in [-0.3, -0.25) is 0 Å². The van der Waals surface area contributed by atoms with Gasteiger partial charge in [-0.1, -0.05) is 30.3 Å². The minimum Gasteiger partial charge on any atom is -0.393 e. The van der Waals surface area contributed by atoms with Crippen molar-refractivity contribution in [1.29, 1.82) is 0 Å². The second kappa shape index (κ2) is 7.51.